The first-order valence-corrected chi connectivity index (χ1v) is 12.2. The van der Waals surface area contributed by atoms with E-state index in [4.69, 9.17) is 0 Å². The van der Waals surface area contributed by atoms with E-state index in [1.165, 1.54) is 22.3 Å². The van der Waals surface area contributed by atoms with E-state index in [-0.39, 0.29) is 24.7 Å². The molecule has 1 aromatic carbocycles. The second kappa shape index (κ2) is 8.36. The Labute approximate surface area is 197 Å². The maximum atomic E-state index is 12.1. The zero-order valence-corrected chi connectivity index (χ0v) is 18.8. The number of carbonyl (C=O) groups excluding carboxylic acids is 1. The van der Waals surface area contributed by atoms with Crippen LogP contribution in [0.3, 0.4) is 0 Å². The predicted molar refractivity (Wildman–Crippen MR) is 133 cm³/mol. The van der Waals surface area contributed by atoms with E-state index in [1.807, 2.05) is 18.3 Å². The summed E-state index contributed by atoms with van der Waals surface area (Å²) in [5.74, 6) is 1.71. The molecule has 1 N–H and O–H groups in total. The topological polar surface area (TPSA) is 50.2 Å². The molecule has 3 heteroatoms. The number of aromatic nitrogens is 1. The predicted octanol–water partition coefficient (Wildman–Crippen LogP) is 6.65. The van der Waals surface area contributed by atoms with Crippen LogP contribution in [0.5, 0.6) is 0 Å². The summed E-state index contributed by atoms with van der Waals surface area (Å²) in [7, 11) is 0. The fraction of sp³-hybridized carbons (Fsp3) is 0.467. The van der Waals surface area contributed by atoms with Crippen LogP contribution in [0.25, 0.3) is 11.1 Å². The van der Waals surface area contributed by atoms with Crippen molar-refractivity contribution in [1.29, 1.82) is 0 Å². The summed E-state index contributed by atoms with van der Waals surface area (Å²) >= 11 is 0. The molecule has 2 aromatic rings. The van der Waals surface area contributed by atoms with E-state index in [9.17, 15) is 9.90 Å². The van der Waals surface area contributed by atoms with Gasteiger partial charge in [-0.05, 0) is 95.8 Å². The van der Waals surface area contributed by atoms with Gasteiger partial charge in [-0.2, -0.15) is 0 Å². The zero-order valence-electron chi connectivity index (χ0n) is 18.8. The van der Waals surface area contributed by atoms with Gasteiger partial charge in [0.25, 0.3) is 0 Å². The summed E-state index contributed by atoms with van der Waals surface area (Å²) in [4.78, 5) is 16.4. The number of benzene rings is 1. The van der Waals surface area contributed by atoms with Crippen molar-refractivity contribution >= 4 is 5.78 Å². The number of hydrogen-bond donors (Lipinski definition) is 1. The third kappa shape index (κ3) is 3.52. The van der Waals surface area contributed by atoms with Crippen LogP contribution in [-0.4, -0.2) is 22.0 Å². The zero-order chi connectivity index (χ0) is 21.9. The molecule has 4 aliphatic carbocycles. The molecule has 1 heterocycles. The number of hydrogen-bond acceptors (Lipinski definition) is 3. The lowest BCUT2D eigenvalue weighted by Crippen LogP contribution is -2.45. The number of aliphatic hydroxyl groups excluding tert-OH is 1. The first-order valence-electron chi connectivity index (χ1n) is 12.2. The van der Waals surface area contributed by atoms with Gasteiger partial charge in [-0.15, -0.1) is 0 Å². The van der Waals surface area contributed by atoms with Crippen LogP contribution in [0.15, 0.2) is 71.6 Å². The van der Waals surface area contributed by atoms with Crippen LogP contribution in [-0.2, 0) is 4.79 Å². The van der Waals surface area contributed by atoms with Crippen LogP contribution in [0.4, 0.5) is 0 Å². The van der Waals surface area contributed by atoms with Gasteiger partial charge in [0, 0.05) is 24.7 Å². The fourth-order valence-electron chi connectivity index (χ4n) is 7.37. The van der Waals surface area contributed by atoms with Gasteiger partial charge in [0.2, 0.25) is 0 Å². The Morgan fingerprint density at radius 2 is 1.82 bits per heavy atom. The van der Waals surface area contributed by atoms with Gasteiger partial charge in [0.05, 0.1) is 6.10 Å². The van der Waals surface area contributed by atoms with Crippen molar-refractivity contribution < 1.29 is 9.90 Å². The molecule has 33 heavy (non-hydrogen) atoms. The number of allylic oxidation sites excluding steroid dienone is 4. The molecule has 2 fully saturated rings. The van der Waals surface area contributed by atoms with Gasteiger partial charge >= 0.3 is 0 Å². The van der Waals surface area contributed by atoms with Gasteiger partial charge in [-0.25, -0.2) is 0 Å². The molecule has 172 valence electrons. The third-order valence-electron chi connectivity index (χ3n) is 8.99. The Kier molecular flexibility index (Phi) is 5.64. The van der Waals surface area contributed by atoms with E-state index in [0.717, 1.165) is 44.1 Å². The van der Waals surface area contributed by atoms with E-state index < -0.39 is 0 Å². The summed E-state index contributed by atoms with van der Waals surface area (Å²) in [5, 5.41) is 11.0. The summed E-state index contributed by atoms with van der Waals surface area (Å²) in [6, 6.07) is 13.1. The van der Waals surface area contributed by atoms with E-state index in [2.05, 4.69) is 42.2 Å². The summed E-state index contributed by atoms with van der Waals surface area (Å²) in [6.07, 6.45) is 12.2. The molecule has 0 amide bonds. The van der Waals surface area contributed by atoms with Crippen molar-refractivity contribution in [2.75, 3.05) is 0 Å². The van der Waals surface area contributed by atoms with E-state index in [1.54, 1.807) is 11.8 Å². The van der Waals surface area contributed by atoms with E-state index >= 15 is 0 Å². The lowest BCUT2D eigenvalue weighted by Gasteiger charge is -2.52. The van der Waals surface area contributed by atoms with Crippen LogP contribution in [0.2, 0.25) is 0 Å². The van der Waals surface area contributed by atoms with Gasteiger partial charge in [0.15, 0.2) is 5.78 Å². The smallest absolute Gasteiger partial charge is 0.156 e. The Balaban J connectivity index is 0.00000228. The van der Waals surface area contributed by atoms with Crippen molar-refractivity contribution in [3.05, 3.63) is 77.2 Å². The monoisotopic (exact) mass is 441 g/mol. The van der Waals surface area contributed by atoms with Crippen molar-refractivity contribution in [3.63, 3.8) is 0 Å². The summed E-state index contributed by atoms with van der Waals surface area (Å²) < 4.78 is 0. The number of aliphatic hydroxyl groups is 1. The maximum absolute atomic E-state index is 12.1. The van der Waals surface area contributed by atoms with Gasteiger partial charge in [0.1, 0.15) is 0 Å². The molecule has 0 saturated heterocycles. The molecule has 1 aromatic heterocycles. The van der Waals surface area contributed by atoms with Crippen molar-refractivity contribution in [1.82, 2.24) is 4.98 Å². The largest absolute Gasteiger partial charge is 0.393 e. The second-order valence-corrected chi connectivity index (χ2v) is 10.5. The molecule has 2 saturated carbocycles. The molecule has 6 rings (SSSR count). The number of carbonyl (C=O) groups is 1. The van der Waals surface area contributed by atoms with E-state index in [0.29, 0.717) is 24.2 Å². The molecule has 0 radical (unpaired) electrons. The normalized spacial score (nSPS) is 32.9. The standard InChI is InChI=1S/C29H31NO2.CH4/c1-29-16-25(19-6-4-18(5-7-19)21-3-2-14-30-17-21)28-23-11-9-22(31)15-20(23)8-10-24(28)26(29)12-13-27(29)32;/h2-7,14-15,17,24-27,32H,8-13,16H2,1H3;1H4. The highest BCUT2D eigenvalue weighted by atomic mass is 16.3. The number of rotatable bonds is 2. The Hall–Kier alpha value is -2.52. The maximum Gasteiger partial charge on any atom is 0.156 e. The first-order chi connectivity index (χ1) is 15.5. The number of nitrogens with zero attached hydrogens (tertiary/aromatic N) is 1. The molecule has 0 aliphatic heterocycles. The molecule has 3 nitrogen and oxygen atoms in total. The molecule has 4 aliphatic rings. The summed E-state index contributed by atoms with van der Waals surface area (Å²) in [6.45, 7) is 2.34. The van der Waals surface area contributed by atoms with Crippen molar-refractivity contribution in [3.8, 4) is 11.1 Å². The number of fused-ring (bicyclic) bond motifs is 4. The minimum atomic E-state index is -0.207. The SMILES string of the molecule is C.CC12CC(c3ccc(-c4cccnc4)cc3)C3=C4CCC(=O)C=C4CCC3C1CCC2O. The molecule has 5 unspecified atom stereocenters. The van der Waals surface area contributed by atoms with Gasteiger partial charge in [-0.3, -0.25) is 9.78 Å². The minimum Gasteiger partial charge on any atom is -0.393 e. The van der Waals surface area contributed by atoms with Crippen molar-refractivity contribution in [2.45, 2.75) is 71.3 Å². The van der Waals surface area contributed by atoms with Crippen molar-refractivity contribution in [2.24, 2.45) is 17.3 Å². The Morgan fingerprint density at radius 3 is 2.58 bits per heavy atom. The quantitative estimate of drug-likeness (QED) is 0.568. The average molecular weight is 442 g/mol. The van der Waals surface area contributed by atoms with Crippen LogP contribution in [0.1, 0.15) is 70.8 Å². The first kappa shape index (κ1) is 22.3. The molecule has 0 bridgehead atoms. The lowest BCUT2D eigenvalue weighted by atomic mass is 9.53. The minimum absolute atomic E-state index is 0. The van der Waals surface area contributed by atoms with Gasteiger partial charge < -0.3 is 5.11 Å². The number of pyridine rings is 1. The molecular formula is C30H35NO2. The highest BCUT2D eigenvalue weighted by Crippen LogP contribution is 2.63. The fourth-order valence-corrected chi connectivity index (χ4v) is 7.37. The van der Waals surface area contributed by atoms with Gasteiger partial charge in [-0.1, -0.05) is 50.3 Å². The second-order valence-electron chi connectivity index (χ2n) is 10.5. The Bertz CT molecular complexity index is 1110. The molecular weight excluding hydrogens is 406 g/mol. The molecule has 5 atom stereocenters. The lowest BCUT2D eigenvalue weighted by molar-refractivity contribution is -0.114. The molecule has 0 spiro atoms. The highest BCUT2D eigenvalue weighted by Gasteiger charge is 2.56. The highest BCUT2D eigenvalue weighted by molar-refractivity contribution is 5.93. The van der Waals surface area contributed by atoms with Crippen LogP contribution in [0, 0.1) is 17.3 Å². The van der Waals surface area contributed by atoms with Crippen LogP contribution < -0.4 is 0 Å². The Morgan fingerprint density at radius 1 is 1.00 bits per heavy atom. The average Bonchev–Trinajstić information content (AvgIpc) is 3.13. The summed E-state index contributed by atoms with van der Waals surface area (Å²) in [5.41, 5.74) is 8.02. The van der Waals surface area contributed by atoms with Crippen LogP contribution >= 0.6 is 0 Å². The number of ketones is 1. The third-order valence-corrected chi connectivity index (χ3v) is 8.99.